The number of hydrogen-bond donors (Lipinski definition) is 3. The molecular weight excluding hydrogens is 288 g/mol. The molecule has 3 rings (SSSR count). The Balaban J connectivity index is 1.99. The fraction of sp³-hybridized carbons (Fsp3) is 0. The number of carbonyl (C=O) groups is 1. The van der Waals surface area contributed by atoms with Gasteiger partial charge >= 0.3 is 17.1 Å². The number of aromatic carboxylic acids is 1. The second-order valence-electron chi connectivity index (χ2n) is 4.46. The maximum absolute atomic E-state index is 11.5. The van der Waals surface area contributed by atoms with Crippen molar-refractivity contribution in [2.75, 3.05) is 10.7 Å². The molecule has 8 heteroatoms. The molecule has 3 N–H and O–H groups in total. The summed E-state index contributed by atoms with van der Waals surface area (Å²) in [4.78, 5) is 37.5. The van der Waals surface area contributed by atoms with Crippen molar-refractivity contribution in [2.45, 2.75) is 0 Å². The molecule has 2 heterocycles. The number of carboxylic acid groups (broad SMARTS) is 1. The van der Waals surface area contributed by atoms with Crippen molar-refractivity contribution in [1.82, 2.24) is 9.66 Å². The van der Waals surface area contributed by atoms with Gasteiger partial charge in [-0.25, -0.2) is 4.79 Å². The van der Waals surface area contributed by atoms with Gasteiger partial charge in [0.15, 0.2) is 0 Å². The SMILES string of the molecule is O=C(O)c1c(Nc2cccnc2)cccc1Nn1c(=O)c1=O. The van der Waals surface area contributed by atoms with Crippen LogP contribution in [0.1, 0.15) is 10.4 Å². The fourth-order valence-corrected chi connectivity index (χ4v) is 1.93. The molecule has 2 aromatic heterocycles. The topological polar surface area (TPSA) is 113 Å². The second kappa shape index (κ2) is 5.17. The zero-order chi connectivity index (χ0) is 15.7. The lowest BCUT2D eigenvalue weighted by molar-refractivity contribution is 0.0699. The number of nitrogens with zero attached hydrogens (tertiary/aromatic N) is 2. The van der Waals surface area contributed by atoms with Crippen molar-refractivity contribution < 1.29 is 9.90 Å². The van der Waals surface area contributed by atoms with Crippen LogP contribution in [0, 0.1) is 0 Å². The smallest absolute Gasteiger partial charge is 0.340 e. The monoisotopic (exact) mass is 298 g/mol. The molecule has 3 aromatic rings. The molecule has 0 atom stereocenters. The number of anilines is 3. The van der Waals surface area contributed by atoms with Gasteiger partial charge in [0.1, 0.15) is 5.56 Å². The Kier molecular flexibility index (Phi) is 3.18. The van der Waals surface area contributed by atoms with E-state index in [9.17, 15) is 19.5 Å². The minimum Gasteiger partial charge on any atom is -0.478 e. The molecule has 0 amide bonds. The first-order chi connectivity index (χ1) is 10.6. The molecule has 110 valence electrons. The number of pyridine rings is 1. The predicted octanol–water partition coefficient (Wildman–Crippen LogP) is 0.796. The van der Waals surface area contributed by atoms with E-state index in [0.717, 1.165) is 4.68 Å². The van der Waals surface area contributed by atoms with Crippen LogP contribution in [-0.4, -0.2) is 20.7 Å². The lowest BCUT2D eigenvalue weighted by Gasteiger charge is -2.13. The first-order valence-corrected chi connectivity index (χ1v) is 6.26. The third-order valence-corrected chi connectivity index (χ3v) is 2.99. The molecule has 8 nitrogen and oxygen atoms in total. The van der Waals surface area contributed by atoms with Gasteiger partial charge in [0, 0.05) is 6.20 Å². The van der Waals surface area contributed by atoms with Crippen LogP contribution in [-0.2, 0) is 0 Å². The van der Waals surface area contributed by atoms with E-state index in [0.29, 0.717) is 11.4 Å². The lowest BCUT2D eigenvalue weighted by atomic mass is 10.1. The van der Waals surface area contributed by atoms with Gasteiger partial charge in [-0.1, -0.05) is 6.07 Å². The van der Waals surface area contributed by atoms with Gasteiger partial charge in [-0.15, -0.1) is 0 Å². The molecule has 0 saturated heterocycles. The van der Waals surface area contributed by atoms with Gasteiger partial charge in [-0.05, 0) is 24.3 Å². The average molecular weight is 298 g/mol. The first kappa shape index (κ1) is 13.6. The normalized spacial score (nSPS) is 10.5. The minimum atomic E-state index is -1.20. The van der Waals surface area contributed by atoms with Crippen LogP contribution >= 0.6 is 0 Å². The molecule has 0 aliphatic rings. The Morgan fingerprint density at radius 1 is 1.09 bits per heavy atom. The van der Waals surface area contributed by atoms with E-state index >= 15 is 0 Å². The summed E-state index contributed by atoms with van der Waals surface area (Å²) in [5.74, 6) is -1.20. The van der Waals surface area contributed by atoms with Gasteiger partial charge in [0.2, 0.25) is 0 Å². The molecule has 1 aromatic carbocycles. The van der Waals surface area contributed by atoms with E-state index < -0.39 is 17.1 Å². The molecule has 0 spiro atoms. The number of nitrogens with one attached hydrogen (secondary N) is 2. The van der Waals surface area contributed by atoms with E-state index in [4.69, 9.17) is 0 Å². The summed E-state index contributed by atoms with van der Waals surface area (Å²) < 4.78 is 0.746. The van der Waals surface area contributed by atoms with E-state index in [1.807, 2.05) is 0 Å². The number of benzene rings is 1. The van der Waals surface area contributed by atoms with Crippen LogP contribution in [0.5, 0.6) is 0 Å². The quantitative estimate of drug-likeness (QED) is 0.597. The van der Waals surface area contributed by atoms with Crippen molar-refractivity contribution >= 4 is 23.0 Å². The van der Waals surface area contributed by atoms with E-state index in [1.165, 1.54) is 6.07 Å². The lowest BCUT2D eigenvalue weighted by Crippen LogP contribution is -2.13. The molecule has 0 aliphatic carbocycles. The fourth-order valence-electron chi connectivity index (χ4n) is 1.93. The Morgan fingerprint density at radius 3 is 2.41 bits per heavy atom. The summed E-state index contributed by atoms with van der Waals surface area (Å²) in [5, 5.41) is 12.3. The number of rotatable bonds is 5. The third kappa shape index (κ3) is 2.44. The zero-order valence-corrected chi connectivity index (χ0v) is 11.1. The van der Waals surface area contributed by atoms with Crippen molar-refractivity contribution in [3.05, 3.63) is 69.0 Å². The number of carboxylic acids is 1. The number of hydrogen-bond acceptors (Lipinski definition) is 6. The zero-order valence-electron chi connectivity index (χ0n) is 11.1. The predicted molar refractivity (Wildman–Crippen MR) is 79.3 cm³/mol. The molecular formula is C14H10N4O4. The van der Waals surface area contributed by atoms with Crippen molar-refractivity contribution in [3.63, 3.8) is 0 Å². The molecule has 0 radical (unpaired) electrons. The summed E-state index contributed by atoms with van der Waals surface area (Å²) in [6.45, 7) is 0. The largest absolute Gasteiger partial charge is 0.478 e. The summed E-state index contributed by atoms with van der Waals surface area (Å²) in [5.41, 5.74) is 2.06. The summed E-state index contributed by atoms with van der Waals surface area (Å²) in [7, 11) is 0. The molecule has 0 saturated carbocycles. The van der Waals surface area contributed by atoms with E-state index in [1.54, 1.807) is 36.7 Å². The average Bonchev–Trinajstić information content (AvgIpc) is 3.06. The van der Waals surface area contributed by atoms with Crippen LogP contribution in [0.4, 0.5) is 17.1 Å². The van der Waals surface area contributed by atoms with E-state index in [2.05, 4.69) is 15.7 Å². The van der Waals surface area contributed by atoms with Crippen LogP contribution in [0.25, 0.3) is 0 Å². The molecule has 0 fully saturated rings. The highest BCUT2D eigenvalue weighted by atomic mass is 16.4. The highest BCUT2D eigenvalue weighted by molar-refractivity contribution is 6.01. The van der Waals surface area contributed by atoms with Crippen molar-refractivity contribution in [2.24, 2.45) is 0 Å². The van der Waals surface area contributed by atoms with Gasteiger partial charge in [0.25, 0.3) is 0 Å². The van der Waals surface area contributed by atoms with E-state index in [-0.39, 0.29) is 11.3 Å². The van der Waals surface area contributed by atoms with Crippen LogP contribution < -0.4 is 21.9 Å². The molecule has 0 unspecified atom stereocenters. The van der Waals surface area contributed by atoms with Crippen LogP contribution in [0.15, 0.2) is 52.3 Å². The third-order valence-electron chi connectivity index (χ3n) is 2.99. The summed E-state index contributed by atoms with van der Waals surface area (Å²) >= 11 is 0. The number of aromatic nitrogens is 2. The second-order valence-corrected chi connectivity index (χ2v) is 4.46. The Hall–Kier alpha value is -3.42. The molecule has 0 bridgehead atoms. The van der Waals surface area contributed by atoms with Crippen molar-refractivity contribution in [3.8, 4) is 0 Å². The highest BCUT2D eigenvalue weighted by Crippen LogP contribution is 2.27. The Morgan fingerprint density at radius 2 is 1.82 bits per heavy atom. The first-order valence-electron chi connectivity index (χ1n) is 6.26. The summed E-state index contributed by atoms with van der Waals surface area (Å²) in [6.07, 6.45) is 3.14. The standard InChI is InChI=1S/C14H10N4O4/c19-12-13(20)18(12)17-10-5-1-4-9(11(10)14(21)22)16-8-3-2-6-15-7-8/h1-7,16-17H,(H,21,22). The minimum absolute atomic E-state index is 0.0844. The van der Waals surface area contributed by atoms with Gasteiger partial charge in [-0.3, -0.25) is 20.0 Å². The van der Waals surface area contributed by atoms with Gasteiger partial charge in [0.05, 0.1) is 23.3 Å². The maximum Gasteiger partial charge on any atom is 0.340 e. The molecule has 0 aliphatic heterocycles. The maximum atomic E-state index is 11.5. The van der Waals surface area contributed by atoms with Crippen LogP contribution in [0.2, 0.25) is 0 Å². The van der Waals surface area contributed by atoms with Crippen LogP contribution in [0.3, 0.4) is 0 Å². The Labute approximate surface area is 123 Å². The highest BCUT2D eigenvalue weighted by Gasteiger charge is 2.21. The summed E-state index contributed by atoms with van der Waals surface area (Å²) in [6, 6.07) is 8.09. The van der Waals surface area contributed by atoms with Gasteiger partial charge in [-0.2, -0.15) is 4.68 Å². The van der Waals surface area contributed by atoms with Crippen molar-refractivity contribution in [1.29, 1.82) is 0 Å². The van der Waals surface area contributed by atoms with Gasteiger partial charge < -0.3 is 10.4 Å². The molecule has 22 heavy (non-hydrogen) atoms. The Bertz CT molecular complexity index is 884.